The highest BCUT2D eigenvalue weighted by Crippen LogP contribution is 2.33. The van der Waals surface area contributed by atoms with Crippen LogP contribution in [0, 0.1) is 0 Å². The number of carbonyl (C=O) groups excluding carboxylic acids is 1. The molecule has 27 heavy (non-hydrogen) atoms. The molecule has 1 aromatic heterocycles. The summed E-state index contributed by atoms with van der Waals surface area (Å²) < 4.78 is 0.982. The molecule has 6 heteroatoms. The monoisotopic (exact) mass is 363 g/mol. The molecule has 3 aromatic rings. The summed E-state index contributed by atoms with van der Waals surface area (Å²) in [4.78, 5) is 42.2. The van der Waals surface area contributed by atoms with E-state index in [2.05, 4.69) is 17.1 Å². The molecule has 1 N–H and O–H groups in total. The van der Waals surface area contributed by atoms with Crippen LogP contribution >= 0.6 is 0 Å². The highest BCUT2D eigenvalue weighted by molar-refractivity contribution is 5.79. The van der Waals surface area contributed by atoms with Crippen LogP contribution in [-0.2, 0) is 17.8 Å². The summed E-state index contributed by atoms with van der Waals surface area (Å²) in [5.41, 5.74) is 1.88. The first kappa shape index (κ1) is 17.3. The average Bonchev–Trinajstić information content (AvgIpc) is 2.70. The van der Waals surface area contributed by atoms with Gasteiger partial charge in [-0.25, -0.2) is 4.79 Å². The number of fused-ring (bicyclic) bond motifs is 2. The van der Waals surface area contributed by atoms with Crippen LogP contribution in [0.1, 0.15) is 30.0 Å². The summed E-state index contributed by atoms with van der Waals surface area (Å²) in [6, 6.07) is 14.9. The molecule has 0 spiro atoms. The Kier molecular flexibility index (Phi) is 4.39. The molecule has 1 unspecified atom stereocenters. The Morgan fingerprint density at radius 3 is 2.74 bits per heavy atom. The van der Waals surface area contributed by atoms with Crippen LogP contribution in [0.3, 0.4) is 0 Å². The van der Waals surface area contributed by atoms with Crippen LogP contribution in [0.25, 0.3) is 10.9 Å². The molecule has 4 rings (SSSR count). The standard InChI is InChI=1S/C21H21N3O3/c1-23(18-12-6-8-14-7-2-3-9-15(14)18)19(25)13-24-20(26)16-10-4-5-11-17(16)22-21(24)27/h2-5,7,9-11,18H,6,8,12-13H2,1H3,(H,22,27). The number of rotatable bonds is 3. The van der Waals surface area contributed by atoms with E-state index in [1.54, 1.807) is 36.2 Å². The lowest BCUT2D eigenvalue weighted by Gasteiger charge is -2.33. The molecule has 1 aliphatic carbocycles. The second-order valence-corrected chi connectivity index (χ2v) is 6.98. The number of nitrogens with zero attached hydrogens (tertiary/aromatic N) is 2. The van der Waals surface area contributed by atoms with Crippen molar-refractivity contribution in [3.8, 4) is 0 Å². The number of carbonyl (C=O) groups is 1. The van der Waals surface area contributed by atoms with Crippen molar-refractivity contribution in [2.75, 3.05) is 7.05 Å². The number of H-pyrrole nitrogens is 1. The topological polar surface area (TPSA) is 75.2 Å². The van der Waals surface area contributed by atoms with E-state index in [0.717, 1.165) is 29.4 Å². The Morgan fingerprint density at radius 1 is 1.15 bits per heavy atom. The number of para-hydroxylation sites is 1. The molecule has 0 fully saturated rings. The molecule has 1 aliphatic rings. The number of benzene rings is 2. The van der Waals surface area contributed by atoms with Gasteiger partial charge in [-0.05, 0) is 42.5 Å². The second kappa shape index (κ2) is 6.87. The number of aryl methyl sites for hydroxylation is 1. The summed E-state index contributed by atoms with van der Waals surface area (Å²) >= 11 is 0. The highest BCUT2D eigenvalue weighted by Gasteiger charge is 2.27. The SMILES string of the molecule is CN(C(=O)Cn1c(=O)[nH]c2ccccc2c1=O)C1CCCc2ccccc21. The van der Waals surface area contributed by atoms with Gasteiger partial charge in [0.1, 0.15) is 6.54 Å². The molecule has 0 bridgehead atoms. The Hall–Kier alpha value is -3.15. The van der Waals surface area contributed by atoms with Gasteiger partial charge in [-0.1, -0.05) is 36.4 Å². The number of amides is 1. The number of hydrogen-bond donors (Lipinski definition) is 1. The van der Waals surface area contributed by atoms with Crippen molar-refractivity contribution in [1.29, 1.82) is 0 Å². The van der Waals surface area contributed by atoms with Crippen LogP contribution in [-0.4, -0.2) is 27.4 Å². The molecular formula is C21H21N3O3. The predicted molar refractivity (Wildman–Crippen MR) is 104 cm³/mol. The van der Waals surface area contributed by atoms with E-state index < -0.39 is 11.2 Å². The quantitative estimate of drug-likeness (QED) is 0.775. The summed E-state index contributed by atoms with van der Waals surface area (Å²) in [5, 5.41) is 0.399. The Balaban J connectivity index is 1.65. The molecule has 0 aliphatic heterocycles. The van der Waals surface area contributed by atoms with Gasteiger partial charge in [0, 0.05) is 7.05 Å². The lowest BCUT2D eigenvalue weighted by atomic mass is 9.87. The fraction of sp³-hybridized carbons (Fsp3) is 0.286. The normalized spacial score (nSPS) is 16.1. The van der Waals surface area contributed by atoms with Crippen molar-refractivity contribution in [3.05, 3.63) is 80.5 Å². The zero-order valence-electron chi connectivity index (χ0n) is 15.1. The van der Waals surface area contributed by atoms with Gasteiger partial charge in [0.05, 0.1) is 16.9 Å². The third-order valence-electron chi connectivity index (χ3n) is 5.38. The molecular weight excluding hydrogens is 342 g/mol. The van der Waals surface area contributed by atoms with Gasteiger partial charge in [0.25, 0.3) is 5.56 Å². The number of aromatic amines is 1. The third-order valence-corrected chi connectivity index (χ3v) is 5.38. The maximum Gasteiger partial charge on any atom is 0.329 e. The summed E-state index contributed by atoms with van der Waals surface area (Å²) in [6.45, 7) is -0.270. The van der Waals surface area contributed by atoms with Gasteiger partial charge < -0.3 is 9.88 Å². The van der Waals surface area contributed by atoms with E-state index in [1.165, 1.54) is 5.56 Å². The maximum absolute atomic E-state index is 12.9. The van der Waals surface area contributed by atoms with E-state index in [0.29, 0.717) is 10.9 Å². The summed E-state index contributed by atoms with van der Waals surface area (Å²) in [6.07, 6.45) is 2.90. The predicted octanol–water partition coefficient (Wildman–Crippen LogP) is 2.23. The minimum Gasteiger partial charge on any atom is -0.337 e. The minimum atomic E-state index is -0.565. The molecule has 2 aromatic carbocycles. The maximum atomic E-state index is 12.9. The number of nitrogens with one attached hydrogen (secondary N) is 1. The zero-order chi connectivity index (χ0) is 19.0. The Bertz CT molecular complexity index is 1130. The smallest absolute Gasteiger partial charge is 0.329 e. The molecule has 1 amide bonds. The van der Waals surface area contributed by atoms with Crippen molar-refractivity contribution in [1.82, 2.24) is 14.5 Å². The lowest BCUT2D eigenvalue weighted by molar-refractivity contribution is -0.133. The van der Waals surface area contributed by atoms with Crippen molar-refractivity contribution in [3.63, 3.8) is 0 Å². The number of hydrogen-bond acceptors (Lipinski definition) is 3. The summed E-state index contributed by atoms with van der Waals surface area (Å²) in [5.74, 6) is -0.250. The zero-order valence-corrected chi connectivity index (χ0v) is 15.1. The van der Waals surface area contributed by atoms with Crippen LogP contribution in [0.4, 0.5) is 0 Å². The lowest BCUT2D eigenvalue weighted by Crippen LogP contribution is -2.42. The number of aromatic nitrogens is 2. The van der Waals surface area contributed by atoms with Crippen LogP contribution in [0.15, 0.2) is 58.1 Å². The number of likely N-dealkylation sites (N-methyl/N-ethyl adjacent to an activating group) is 1. The molecule has 6 nitrogen and oxygen atoms in total. The first-order valence-corrected chi connectivity index (χ1v) is 9.11. The third kappa shape index (κ3) is 3.07. The Morgan fingerprint density at radius 2 is 1.89 bits per heavy atom. The molecule has 1 heterocycles. The van der Waals surface area contributed by atoms with E-state index >= 15 is 0 Å². The van der Waals surface area contributed by atoms with E-state index in [9.17, 15) is 14.4 Å². The van der Waals surface area contributed by atoms with Crippen molar-refractivity contribution < 1.29 is 4.79 Å². The van der Waals surface area contributed by atoms with Crippen molar-refractivity contribution >= 4 is 16.8 Å². The molecule has 0 saturated carbocycles. The van der Waals surface area contributed by atoms with E-state index in [-0.39, 0.29) is 18.5 Å². The van der Waals surface area contributed by atoms with Gasteiger partial charge in [-0.2, -0.15) is 0 Å². The highest BCUT2D eigenvalue weighted by atomic mass is 16.2. The van der Waals surface area contributed by atoms with Gasteiger partial charge in [-0.3, -0.25) is 14.2 Å². The first-order valence-electron chi connectivity index (χ1n) is 9.11. The molecule has 138 valence electrons. The Labute approximate surface area is 156 Å². The van der Waals surface area contributed by atoms with Gasteiger partial charge in [0.2, 0.25) is 5.91 Å². The molecule has 0 radical (unpaired) electrons. The van der Waals surface area contributed by atoms with Crippen molar-refractivity contribution in [2.45, 2.75) is 31.8 Å². The van der Waals surface area contributed by atoms with E-state index in [4.69, 9.17) is 0 Å². The minimum absolute atomic E-state index is 0.0299. The molecule has 1 atom stereocenters. The fourth-order valence-corrected chi connectivity index (χ4v) is 3.89. The fourth-order valence-electron chi connectivity index (χ4n) is 3.89. The van der Waals surface area contributed by atoms with Crippen LogP contribution in [0.2, 0.25) is 0 Å². The van der Waals surface area contributed by atoms with Crippen LogP contribution < -0.4 is 11.2 Å². The second-order valence-electron chi connectivity index (χ2n) is 6.98. The average molecular weight is 363 g/mol. The van der Waals surface area contributed by atoms with Crippen LogP contribution in [0.5, 0.6) is 0 Å². The van der Waals surface area contributed by atoms with Gasteiger partial charge in [-0.15, -0.1) is 0 Å². The van der Waals surface area contributed by atoms with Crippen molar-refractivity contribution in [2.24, 2.45) is 0 Å². The van der Waals surface area contributed by atoms with E-state index in [1.807, 2.05) is 12.1 Å². The summed E-state index contributed by atoms with van der Waals surface area (Å²) in [7, 11) is 1.75. The van der Waals surface area contributed by atoms with Gasteiger partial charge >= 0.3 is 5.69 Å². The first-order chi connectivity index (χ1) is 13.1. The van der Waals surface area contributed by atoms with Gasteiger partial charge in [0.15, 0.2) is 0 Å². The largest absolute Gasteiger partial charge is 0.337 e. The molecule has 0 saturated heterocycles.